The minimum atomic E-state index is -0.280. The number of ether oxygens (including phenoxy) is 1. The van der Waals surface area contributed by atoms with Crippen LogP contribution in [-0.2, 0) is 11.2 Å². The maximum Gasteiger partial charge on any atom is 0.0791 e. The van der Waals surface area contributed by atoms with Crippen molar-refractivity contribution in [1.82, 2.24) is 5.43 Å². The second-order valence-electron chi connectivity index (χ2n) is 3.92. The van der Waals surface area contributed by atoms with Gasteiger partial charge >= 0.3 is 0 Å². The van der Waals surface area contributed by atoms with Crippen molar-refractivity contribution in [3.05, 3.63) is 20.8 Å². The summed E-state index contributed by atoms with van der Waals surface area (Å²) in [6.07, 6.45) is 0.857. The van der Waals surface area contributed by atoms with Gasteiger partial charge in [-0.15, -0.1) is 11.3 Å². The Balaban J connectivity index is 2.74. The standard InChI is InChI=1S/C10H17BrN2OS/c1-10(2,14-3)9(13-12)6-8-7(11)4-5-15-8/h4-5,9,13H,6,12H2,1-3H3. The Morgan fingerprint density at radius 1 is 1.67 bits per heavy atom. The zero-order chi connectivity index (χ0) is 11.5. The SMILES string of the molecule is COC(C)(C)C(Cc1sccc1Br)NN. The van der Waals surface area contributed by atoms with Crippen LogP contribution in [0.5, 0.6) is 0 Å². The lowest BCUT2D eigenvalue weighted by Crippen LogP contribution is -2.52. The molecule has 5 heteroatoms. The molecule has 0 amide bonds. The molecule has 0 aliphatic rings. The number of methoxy groups -OCH3 is 1. The van der Waals surface area contributed by atoms with Crippen LogP contribution in [0.4, 0.5) is 0 Å². The number of thiophene rings is 1. The van der Waals surface area contributed by atoms with Gasteiger partial charge in [0.2, 0.25) is 0 Å². The first-order valence-electron chi connectivity index (χ1n) is 4.74. The van der Waals surface area contributed by atoms with E-state index in [4.69, 9.17) is 10.6 Å². The number of rotatable bonds is 5. The fourth-order valence-corrected chi connectivity index (χ4v) is 2.87. The maximum atomic E-state index is 5.56. The molecule has 0 aromatic carbocycles. The zero-order valence-corrected chi connectivity index (χ0v) is 11.6. The Morgan fingerprint density at radius 3 is 2.73 bits per heavy atom. The van der Waals surface area contributed by atoms with Gasteiger partial charge in [-0.05, 0) is 41.2 Å². The third-order valence-corrected chi connectivity index (χ3v) is 4.60. The largest absolute Gasteiger partial charge is 0.377 e. The molecule has 0 aliphatic heterocycles. The molecule has 0 saturated carbocycles. The number of nitrogens with two attached hydrogens (primary N) is 1. The highest BCUT2D eigenvalue weighted by atomic mass is 79.9. The smallest absolute Gasteiger partial charge is 0.0791 e. The third-order valence-electron chi connectivity index (χ3n) is 2.65. The van der Waals surface area contributed by atoms with Crippen LogP contribution in [0.1, 0.15) is 18.7 Å². The van der Waals surface area contributed by atoms with E-state index in [1.165, 1.54) is 4.88 Å². The third kappa shape index (κ3) is 3.26. The van der Waals surface area contributed by atoms with Gasteiger partial charge in [0.1, 0.15) is 0 Å². The summed E-state index contributed by atoms with van der Waals surface area (Å²) in [5.41, 5.74) is 2.54. The molecular formula is C10H17BrN2OS. The van der Waals surface area contributed by atoms with Crippen LogP contribution in [0, 0.1) is 0 Å². The van der Waals surface area contributed by atoms with E-state index in [9.17, 15) is 0 Å². The normalized spacial score (nSPS) is 14.2. The Kier molecular flexibility index (Phi) is 4.73. The van der Waals surface area contributed by atoms with Gasteiger partial charge in [0.25, 0.3) is 0 Å². The molecule has 15 heavy (non-hydrogen) atoms. The van der Waals surface area contributed by atoms with E-state index < -0.39 is 0 Å². The Labute approximate surface area is 103 Å². The zero-order valence-electron chi connectivity index (χ0n) is 9.21. The van der Waals surface area contributed by atoms with Crippen LogP contribution in [-0.4, -0.2) is 18.8 Å². The van der Waals surface area contributed by atoms with Gasteiger partial charge in [-0.3, -0.25) is 11.3 Å². The summed E-state index contributed by atoms with van der Waals surface area (Å²) in [4.78, 5) is 1.28. The van der Waals surface area contributed by atoms with Crippen molar-refractivity contribution in [2.24, 2.45) is 5.84 Å². The molecule has 1 aromatic rings. The topological polar surface area (TPSA) is 47.3 Å². The molecular weight excluding hydrogens is 276 g/mol. The first kappa shape index (κ1) is 13.1. The molecule has 0 saturated heterocycles. The molecule has 1 heterocycles. The van der Waals surface area contributed by atoms with Gasteiger partial charge in [0.05, 0.1) is 11.6 Å². The molecule has 0 aliphatic carbocycles. The van der Waals surface area contributed by atoms with Crippen molar-refractivity contribution in [2.45, 2.75) is 31.9 Å². The van der Waals surface area contributed by atoms with E-state index in [1.807, 2.05) is 19.9 Å². The van der Waals surface area contributed by atoms with Crippen molar-refractivity contribution in [2.75, 3.05) is 7.11 Å². The quantitative estimate of drug-likeness (QED) is 0.647. The average Bonchev–Trinajstić information content (AvgIpc) is 2.60. The number of nitrogens with one attached hydrogen (secondary N) is 1. The van der Waals surface area contributed by atoms with Crippen molar-refractivity contribution in [1.29, 1.82) is 0 Å². The maximum absolute atomic E-state index is 5.56. The van der Waals surface area contributed by atoms with Gasteiger partial charge < -0.3 is 4.74 Å². The second kappa shape index (κ2) is 5.41. The lowest BCUT2D eigenvalue weighted by Gasteiger charge is -2.32. The van der Waals surface area contributed by atoms with Crippen LogP contribution in [0.25, 0.3) is 0 Å². The number of hydrazine groups is 1. The molecule has 1 aromatic heterocycles. The number of halogens is 1. The predicted molar refractivity (Wildman–Crippen MR) is 67.9 cm³/mol. The van der Waals surface area contributed by atoms with E-state index in [-0.39, 0.29) is 11.6 Å². The van der Waals surface area contributed by atoms with E-state index in [0.29, 0.717) is 0 Å². The summed E-state index contributed by atoms with van der Waals surface area (Å²) in [5.74, 6) is 5.56. The molecule has 0 spiro atoms. The van der Waals surface area contributed by atoms with Crippen molar-refractivity contribution < 1.29 is 4.74 Å². The summed E-state index contributed by atoms with van der Waals surface area (Å²) >= 11 is 5.24. The summed E-state index contributed by atoms with van der Waals surface area (Å²) in [7, 11) is 1.70. The van der Waals surface area contributed by atoms with Crippen LogP contribution in [0.2, 0.25) is 0 Å². The van der Waals surface area contributed by atoms with Crippen LogP contribution < -0.4 is 11.3 Å². The predicted octanol–water partition coefficient (Wildman–Crippen LogP) is 2.31. The molecule has 0 radical (unpaired) electrons. The highest BCUT2D eigenvalue weighted by molar-refractivity contribution is 9.10. The molecule has 0 fully saturated rings. The summed E-state index contributed by atoms with van der Waals surface area (Å²) in [5, 5.41) is 2.06. The monoisotopic (exact) mass is 292 g/mol. The molecule has 86 valence electrons. The number of hydrogen-bond acceptors (Lipinski definition) is 4. The first-order chi connectivity index (χ1) is 7.01. The summed E-state index contributed by atoms with van der Waals surface area (Å²) < 4.78 is 6.56. The Hall–Kier alpha value is 0.0600. The lowest BCUT2D eigenvalue weighted by molar-refractivity contribution is -0.00988. The average molecular weight is 293 g/mol. The van der Waals surface area contributed by atoms with Crippen LogP contribution in [0.15, 0.2) is 15.9 Å². The molecule has 1 atom stereocenters. The van der Waals surface area contributed by atoms with E-state index in [2.05, 4.69) is 26.7 Å². The van der Waals surface area contributed by atoms with Gasteiger partial charge in [0.15, 0.2) is 0 Å². The minimum Gasteiger partial charge on any atom is -0.377 e. The Bertz CT molecular complexity index is 314. The molecule has 0 bridgehead atoms. The van der Waals surface area contributed by atoms with E-state index in [1.54, 1.807) is 18.4 Å². The van der Waals surface area contributed by atoms with Gasteiger partial charge in [-0.25, -0.2) is 0 Å². The van der Waals surface area contributed by atoms with Crippen molar-refractivity contribution in [3.63, 3.8) is 0 Å². The van der Waals surface area contributed by atoms with Gasteiger partial charge in [-0.2, -0.15) is 0 Å². The molecule has 3 nitrogen and oxygen atoms in total. The Morgan fingerprint density at radius 2 is 2.33 bits per heavy atom. The second-order valence-corrected chi connectivity index (χ2v) is 5.78. The van der Waals surface area contributed by atoms with Gasteiger partial charge in [-0.1, -0.05) is 0 Å². The molecule has 1 unspecified atom stereocenters. The van der Waals surface area contributed by atoms with Crippen LogP contribution >= 0.6 is 27.3 Å². The molecule has 3 N–H and O–H groups in total. The fraction of sp³-hybridized carbons (Fsp3) is 0.600. The lowest BCUT2D eigenvalue weighted by atomic mass is 9.95. The summed E-state index contributed by atoms with van der Waals surface area (Å²) in [6.45, 7) is 4.05. The summed E-state index contributed by atoms with van der Waals surface area (Å²) in [6, 6.07) is 2.14. The fourth-order valence-electron chi connectivity index (χ4n) is 1.30. The highest BCUT2D eigenvalue weighted by Crippen LogP contribution is 2.26. The highest BCUT2D eigenvalue weighted by Gasteiger charge is 2.29. The van der Waals surface area contributed by atoms with E-state index >= 15 is 0 Å². The van der Waals surface area contributed by atoms with E-state index in [0.717, 1.165) is 10.9 Å². The van der Waals surface area contributed by atoms with Crippen LogP contribution in [0.3, 0.4) is 0 Å². The van der Waals surface area contributed by atoms with Gasteiger partial charge in [0, 0.05) is 22.9 Å². The van der Waals surface area contributed by atoms with Crippen molar-refractivity contribution in [3.8, 4) is 0 Å². The van der Waals surface area contributed by atoms with Crippen molar-refractivity contribution >= 4 is 27.3 Å². The number of hydrogen-bond donors (Lipinski definition) is 2. The molecule has 1 rings (SSSR count). The minimum absolute atomic E-state index is 0.0949. The first-order valence-corrected chi connectivity index (χ1v) is 6.41.